The van der Waals surface area contributed by atoms with Crippen LogP contribution in [0.2, 0.25) is 5.02 Å². The molecule has 0 saturated heterocycles. The Bertz CT molecular complexity index is 757. The van der Waals surface area contributed by atoms with Gasteiger partial charge >= 0.3 is 0 Å². The van der Waals surface area contributed by atoms with Crippen molar-refractivity contribution in [2.45, 2.75) is 52.0 Å². The highest BCUT2D eigenvalue weighted by Gasteiger charge is 2.35. The number of carbonyl (C=O) groups is 1. The Morgan fingerprint density at radius 1 is 1.12 bits per heavy atom. The molecule has 0 radical (unpaired) electrons. The summed E-state index contributed by atoms with van der Waals surface area (Å²) in [6.07, 6.45) is 5.00. The number of unbranched alkanes of at least 4 members (excludes halogenated alkanes) is 1. The Morgan fingerprint density at radius 2 is 1.81 bits per heavy atom. The third kappa shape index (κ3) is 3.81. The summed E-state index contributed by atoms with van der Waals surface area (Å²) in [6.45, 7) is 5.07. The minimum absolute atomic E-state index is 0.0863. The van der Waals surface area contributed by atoms with E-state index in [1.807, 2.05) is 18.2 Å². The predicted molar refractivity (Wildman–Crippen MR) is 108 cm³/mol. The number of rotatable bonds is 6. The lowest BCUT2D eigenvalue weighted by molar-refractivity contribution is -0.138. The molecule has 0 fully saturated rings. The first-order valence-corrected chi connectivity index (χ1v) is 10.2. The zero-order valence-electron chi connectivity index (χ0n) is 15.7. The second-order valence-corrected chi connectivity index (χ2v) is 7.56. The fourth-order valence-electron chi connectivity index (χ4n) is 4.02. The first-order valence-electron chi connectivity index (χ1n) is 9.80. The molecule has 2 nitrogen and oxygen atoms in total. The summed E-state index contributed by atoms with van der Waals surface area (Å²) >= 11 is 6.55. The minimum Gasteiger partial charge on any atom is -0.331 e. The molecule has 2 aromatic carbocycles. The van der Waals surface area contributed by atoms with Crippen LogP contribution in [0.4, 0.5) is 0 Å². The molecule has 1 heterocycles. The Morgan fingerprint density at radius 3 is 2.50 bits per heavy atom. The van der Waals surface area contributed by atoms with Crippen LogP contribution < -0.4 is 0 Å². The van der Waals surface area contributed by atoms with Gasteiger partial charge in [-0.2, -0.15) is 0 Å². The molecule has 3 rings (SSSR count). The third-order valence-electron chi connectivity index (χ3n) is 5.51. The number of hydrogen-bond acceptors (Lipinski definition) is 1. The summed E-state index contributed by atoms with van der Waals surface area (Å²) < 4.78 is 0. The summed E-state index contributed by atoms with van der Waals surface area (Å²) in [5, 5.41) is 0.730. The average molecular weight is 370 g/mol. The van der Waals surface area contributed by atoms with Gasteiger partial charge in [0.05, 0.1) is 6.04 Å². The van der Waals surface area contributed by atoms with Crippen molar-refractivity contribution in [2.24, 2.45) is 5.92 Å². The highest BCUT2D eigenvalue weighted by molar-refractivity contribution is 6.31. The maximum Gasteiger partial charge on any atom is 0.226 e. The van der Waals surface area contributed by atoms with Crippen molar-refractivity contribution in [3.05, 3.63) is 70.2 Å². The minimum atomic E-state index is -0.0863. The molecule has 0 N–H and O–H groups in total. The second-order valence-electron chi connectivity index (χ2n) is 7.15. The van der Waals surface area contributed by atoms with E-state index in [4.69, 9.17) is 11.6 Å². The van der Waals surface area contributed by atoms with Gasteiger partial charge in [0, 0.05) is 17.5 Å². The Labute approximate surface area is 162 Å². The summed E-state index contributed by atoms with van der Waals surface area (Å²) in [4.78, 5) is 15.5. The molecule has 0 spiro atoms. The molecule has 2 atom stereocenters. The Balaban J connectivity index is 2.01. The van der Waals surface area contributed by atoms with Crippen LogP contribution in [0.3, 0.4) is 0 Å². The van der Waals surface area contributed by atoms with Crippen LogP contribution in [0, 0.1) is 5.92 Å². The van der Waals surface area contributed by atoms with E-state index in [1.165, 1.54) is 11.1 Å². The third-order valence-corrected chi connectivity index (χ3v) is 5.86. The Kier molecular flexibility index (Phi) is 6.37. The van der Waals surface area contributed by atoms with E-state index in [1.54, 1.807) is 0 Å². The summed E-state index contributed by atoms with van der Waals surface area (Å²) in [7, 11) is 0. The molecule has 0 unspecified atom stereocenters. The molecular weight excluding hydrogens is 342 g/mol. The van der Waals surface area contributed by atoms with Gasteiger partial charge in [-0.3, -0.25) is 4.79 Å². The summed E-state index contributed by atoms with van der Waals surface area (Å²) in [5.74, 6) is 0.380. The van der Waals surface area contributed by atoms with E-state index in [9.17, 15) is 4.79 Å². The predicted octanol–water partition coefficient (Wildman–Crippen LogP) is 6.03. The van der Waals surface area contributed by atoms with Crippen LogP contribution in [-0.2, 0) is 11.2 Å². The van der Waals surface area contributed by atoms with Gasteiger partial charge in [-0.25, -0.2) is 0 Å². The smallest absolute Gasteiger partial charge is 0.226 e. The fraction of sp³-hybridized carbons (Fsp3) is 0.435. The van der Waals surface area contributed by atoms with Crippen molar-refractivity contribution in [3.8, 4) is 0 Å². The van der Waals surface area contributed by atoms with Gasteiger partial charge in [0.25, 0.3) is 0 Å². The van der Waals surface area contributed by atoms with Gasteiger partial charge in [-0.1, -0.05) is 80.8 Å². The SMILES string of the molecule is CCCC[C@H](CC)C(=O)N1CCc2ccccc2[C@H]1c1ccccc1Cl. The van der Waals surface area contributed by atoms with Crippen LogP contribution in [0.1, 0.15) is 62.3 Å². The second kappa shape index (κ2) is 8.73. The normalized spacial score (nSPS) is 17.7. The highest BCUT2D eigenvalue weighted by Crippen LogP contribution is 2.39. The van der Waals surface area contributed by atoms with Gasteiger partial charge in [-0.15, -0.1) is 0 Å². The number of nitrogens with zero attached hydrogens (tertiary/aromatic N) is 1. The molecular formula is C23H28ClNO. The van der Waals surface area contributed by atoms with E-state index in [-0.39, 0.29) is 17.9 Å². The molecule has 0 aliphatic carbocycles. The van der Waals surface area contributed by atoms with Crippen molar-refractivity contribution in [1.29, 1.82) is 0 Å². The molecule has 0 aromatic heterocycles. The van der Waals surface area contributed by atoms with E-state index in [2.05, 4.69) is 49.1 Å². The molecule has 1 amide bonds. The zero-order valence-corrected chi connectivity index (χ0v) is 16.5. The van der Waals surface area contributed by atoms with Crippen LogP contribution in [-0.4, -0.2) is 17.4 Å². The highest BCUT2D eigenvalue weighted by atomic mass is 35.5. The topological polar surface area (TPSA) is 20.3 Å². The standard InChI is InChI=1S/C23H28ClNO/c1-3-5-10-17(4-2)23(26)25-16-15-18-11-6-7-12-19(18)22(25)20-13-8-9-14-21(20)24/h6-9,11-14,17,22H,3-5,10,15-16H2,1-2H3/t17-,22-/m0/s1. The maximum absolute atomic E-state index is 13.4. The van der Waals surface area contributed by atoms with Crippen LogP contribution in [0.25, 0.3) is 0 Å². The largest absolute Gasteiger partial charge is 0.331 e. The number of halogens is 1. The van der Waals surface area contributed by atoms with Gasteiger partial charge < -0.3 is 4.90 Å². The summed E-state index contributed by atoms with van der Waals surface area (Å²) in [5.41, 5.74) is 3.56. The average Bonchev–Trinajstić information content (AvgIpc) is 2.68. The molecule has 26 heavy (non-hydrogen) atoms. The first kappa shape index (κ1) is 19.0. The number of fused-ring (bicyclic) bond motifs is 1. The van der Waals surface area contributed by atoms with Crippen LogP contribution in [0.15, 0.2) is 48.5 Å². The molecule has 2 aromatic rings. The lowest BCUT2D eigenvalue weighted by atomic mass is 9.86. The number of benzene rings is 2. The van der Waals surface area contributed by atoms with E-state index >= 15 is 0 Å². The Hall–Kier alpha value is -1.80. The lowest BCUT2D eigenvalue weighted by Gasteiger charge is -2.40. The van der Waals surface area contributed by atoms with Crippen molar-refractivity contribution < 1.29 is 4.79 Å². The fourth-order valence-corrected chi connectivity index (χ4v) is 4.26. The van der Waals surface area contributed by atoms with E-state index in [0.29, 0.717) is 0 Å². The quantitative estimate of drug-likeness (QED) is 0.608. The van der Waals surface area contributed by atoms with Gasteiger partial charge in [0.15, 0.2) is 0 Å². The summed E-state index contributed by atoms with van der Waals surface area (Å²) in [6, 6.07) is 16.3. The van der Waals surface area contributed by atoms with Crippen molar-refractivity contribution in [2.75, 3.05) is 6.54 Å². The molecule has 3 heteroatoms. The number of hydrogen-bond donors (Lipinski definition) is 0. The van der Waals surface area contributed by atoms with Crippen LogP contribution >= 0.6 is 11.6 Å². The zero-order chi connectivity index (χ0) is 18.5. The first-order chi connectivity index (χ1) is 12.7. The number of amides is 1. The van der Waals surface area contributed by atoms with E-state index in [0.717, 1.165) is 49.2 Å². The molecule has 1 aliphatic rings. The van der Waals surface area contributed by atoms with Gasteiger partial charge in [-0.05, 0) is 42.0 Å². The van der Waals surface area contributed by atoms with E-state index < -0.39 is 0 Å². The molecule has 138 valence electrons. The molecule has 0 saturated carbocycles. The van der Waals surface area contributed by atoms with Crippen molar-refractivity contribution in [3.63, 3.8) is 0 Å². The molecule has 1 aliphatic heterocycles. The molecule has 0 bridgehead atoms. The van der Waals surface area contributed by atoms with Crippen molar-refractivity contribution >= 4 is 17.5 Å². The lowest BCUT2D eigenvalue weighted by Crippen LogP contribution is -2.43. The van der Waals surface area contributed by atoms with Gasteiger partial charge in [0.1, 0.15) is 0 Å². The number of carbonyl (C=O) groups excluding carboxylic acids is 1. The monoisotopic (exact) mass is 369 g/mol. The maximum atomic E-state index is 13.4. The van der Waals surface area contributed by atoms with Gasteiger partial charge in [0.2, 0.25) is 5.91 Å². The van der Waals surface area contributed by atoms with Crippen molar-refractivity contribution in [1.82, 2.24) is 4.90 Å². The van der Waals surface area contributed by atoms with Crippen LogP contribution in [0.5, 0.6) is 0 Å².